The monoisotopic (exact) mass is 522 g/mol. The largest absolute Gasteiger partial charge is 0.460 e. The highest BCUT2D eigenvalue weighted by molar-refractivity contribution is 7.81. The summed E-state index contributed by atoms with van der Waals surface area (Å²) in [6.07, 6.45) is 3.33. The van der Waals surface area contributed by atoms with Crippen molar-refractivity contribution in [2.45, 2.75) is 30.3 Å². The Labute approximate surface area is 212 Å². The van der Waals surface area contributed by atoms with E-state index in [9.17, 15) is 14.4 Å². The maximum Gasteiger partial charge on any atom is 0.330 e. The average Bonchev–Trinajstić information content (AvgIpc) is 3.27. The minimum atomic E-state index is -0.916. The van der Waals surface area contributed by atoms with Crippen molar-refractivity contribution in [1.29, 1.82) is 0 Å². The van der Waals surface area contributed by atoms with Gasteiger partial charge in [-0.3, -0.25) is 14.6 Å². The molecule has 1 unspecified atom stereocenters. The molecule has 1 aromatic carbocycles. The van der Waals surface area contributed by atoms with E-state index in [0.717, 1.165) is 5.56 Å². The van der Waals surface area contributed by atoms with Crippen LogP contribution in [0.3, 0.4) is 0 Å². The molecule has 180 valence electrons. The molecule has 11 heteroatoms. The molecule has 1 aliphatic rings. The number of benzene rings is 1. The van der Waals surface area contributed by atoms with Crippen molar-refractivity contribution in [3.63, 3.8) is 0 Å². The first-order valence-corrected chi connectivity index (χ1v) is 11.7. The Bertz CT molecular complexity index is 1070. The van der Waals surface area contributed by atoms with Crippen molar-refractivity contribution in [2.75, 3.05) is 13.2 Å². The molecule has 2 heterocycles. The van der Waals surface area contributed by atoms with E-state index < -0.39 is 17.9 Å². The minimum Gasteiger partial charge on any atom is -0.460 e. The van der Waals surface area contributed by atoms with Crippen LogP contribution in [0.1, 0.15) is 32.8 Å². The molecule has 0 bridgehead atoms. The zero-order valence-corrected chi connectivity index (χ0v) is 20.5. The van der Waals surface area contributed by atoms with Gasteiger partial charge in [0, 0.05) is 30.6 Å². The fourth-order valence-electron chi connectivity index (χ4n) is 3.37. The summed E-state index contributed by atoms with van der Waals surface area (Å²) in [5.74, 6) is -1.51. The summed E-state index contributed by atoms with van der Waals surface area (Å²) in [4.78, 5) is 41.8. The number of amides is 2. The van der Waals surface area contributed by atoms with Crippen molar-refractivity contribution in [1.82, 2.24) is 20.9 Å². The maximum atomic E-state index is 12.8. The molecule has 2 amide bonds. The number of nitrogens with one attached hydrogen (secondary N) is 3. The highest BCUT2D eigenvalue weighted by Gasteiger charge is 2.36. The number of hydrogen-bond donors (Lipinski definition) is 4. The summed E-state index contributed by atoms with van der Waals surface area (Å²) in [7, 11) is 0. The summed E-state index contributed by atoms with van der Waals surface area (Å²) >= 11 is 16.3. The molecule has 1 saturated heterocycles. The molecule has 1 aromatic heterocycles. The van der Waals surface area contributed by atoms with Crippen molar-refractivity contribution in [3.8, 4) is 0 Å². The van der Waals surface area contributed by atoms with Gasteiger partial charge in [0.05, 0.1) is 15.6 Å². The molecule has 2 aromatic rings. The molecule has 0 saturated carbocycles. The van der Waals surface area contributed by atoms with Crippen molar-refractivity contribution >= 4 is 53.6 Å². The summed E-state index contributed by atoms with van der Waals surface area (Å²) < 4.78 is 5.14. The lowest BCUT2D eigenvalue weighted by Gasteiger charge is -2.23. The van der Waals surface area contributed by atoms with E-state index in [1.165, 1.54) is 24.4 Å². The Morgan fingerprint density at radius 3 is 2.65 bits per heavy atom. The number of esters is 1. The lowest BCUT2D eigenvalue weighted by Crippen LogP contribution is -2.53. The number of thiol groups is 1. The molecule has 8 nitrogen and oxygen atoms in total. The number of carbonyl (C=O) groups excluding carboxylic acids is 3. The van der Waals surface area contributed by atoms with E-state index >= 15 is 0 Å². The van der Waals surface area contributed by atoms with Gasteiger partial charge in [-0.1, -0.05) is 41.9 Å². The van der Waals surface area contributed by atoms with Gasteiger partial charge in [0.15, 0.2) is 0 Å². The fraction of sp³-hybridized carbons (Fsp3) is 0.304. The lowest BCUT2D eigenvalue weighted by atomic mass is 10.1. The zero-order chi connectivity index (χ0) is 24.7. The molecule has 1 aliphatic heterocycles. The first-order valence-electron chi connectivity index (χ1n) is 10.5. The lowest BCUT2D eigenvalue weighted by molar-refractivity contribution is -0.145. The van der Waals surface area contributed by atoms with Crippen LogP contribution in [0.25, 0.3) is 0 Å². The van der Waals surface area contributed by atoms with Gasteiger partial charge in [0.1, 0.15) is 18.3 Å². The Morgan fingerprint density at radius 2 is 2.03 bits per heavy atom. The number of hydrogen-bond acceptors (Lipinski definition) is 7. The molecule has 3 atom stereocenters. The zero-order valence-electron chi connectivity index (χ0n) is 18.1. The minimum absolute atomic E-state index is 0.0342. The van der Waals surface area contributed by atoms with E-state index in [0.29, 0.717) is 23.0 Å². The van der Waals surface area contributed by atoms with Gasteiger partial charge in [-0.2, -0.15) is 12.6 Å². The number of nitrogens with zero attached hydrogens (tertiary/aromatic N) is 1. The second kappa shape index (κ2) is 12.2. The number of pyridine rings is 1. The average molecular weight is 523 g/mol. The second-order valence-electron chi connectivity index (χ2n) is 7.64. The Hall–Kier alpha value is -2.59. The quantitative estimate of drug-likeness (QED) is 0.229. The summed E-state index contributed by atoms with van der Waals surface area (Å²) in [5.41, 5.74) is 1.11. The van der Waals surface area contributed by atoms with Gasteiger partial charge in [0.25, 0.3) is 11.8 Å². The first-order chi connectivity index (χ1) is 16.3. The molecule has 0 spiro atoms. The third-order valence-electron chi connectivity index (χ3n) is 5.12. The van der Waals surface area contributed by atoms with Gasteiger partial charge >= 0.3 is 5.97 Å². The van der Waals surface area contributed by atoms with Crippen molar-refractivity contribution in [3.05, 3.63) is 76.0 Å². The smallest absolute Gasteiger partial charge is 0.330 e. The Morgan fingerprint density at radius 1 is 1.24 bits per heavy atom. The van der Waals surface area contributed by atoms with E-state index in [4.69, 9.17) is 27.9 Å². The molecule has 0 aliphatic carbocycles. The maximum absolute atomic E-state index is 12.8. The van der Waals surface area contributed by atoms with Crippen LogP contribution >= 0.6 is 35.8 Å². The number of aromatic nitrogens is 1. The predicted molar refractivity (Wildman–Crippen MR) is 133 cm³/mol. The van der Waals surface area contributed by atoms with Crippen LogP contribution in [0, 0.1) is 0 Å². The van der Waals surface area contributed by atoms with Gasteiger partial charge in [0.2, 0.25) is 0 Å². The van der Waals surface area contributed by atoms with Crippen LogP contribution in [0.2, 0.25) is 10.0 Å². The third-order valence-corrected chi connectivity index (χ3v) is 6.26. The number of rotatable bonds is 9. The first kappa shape index (κ1) is 26.0. The highest BCUT2D eigenvalue weighted by Crippen LogP contribution is 2.22. The topological polar surface area (TPSA) is 109 Å². The Balaban J connectivity index is 1.61. The molecule has 1 fully saturated rings. The highest BCUT2D eigenvalue weighted by atomic mass is 35.5. The van der Waals surface area contributed by atoms with Gasteiger partial charge in [-0.05, 0) is 36.2 Å². The van der Waals surface area contributed by atoms with E-state index in [2.05, 4.69) is 40.1 Å². The normalized spacial score (nSPS) is 18.1. The molecule has 0 radical (unpaired) electrons. The molecule has 3 N–H and O–H groups in total. The van der Waals surface area contributed by atoms with Crippen LogP contribution in [-0.4, -0.2) is 53.3 Å². The predicted octanol–water partition coefficient (Wildman–Crippen LogP) is 2.81. The van der Waals surface area contributed by atoms with E-state index in [-0.39, 0.29) is 41.6 Å². The molecular formula is C23H24Cl2N4O4S. The molecular weight excluding hydrogens is 499 g/mol. The number of halogens is 2. The van der Waals surface area contributed by atoms with E-state index in [1.807, 2.05) is 0 Å². The van der Waals surface area contributed by atoms with Crippen LogP contribution in [0.4, 0.5) is 0 Å². The molecule has 34 heavy (non-hydrogen) atoms. The van der Waals surface area contributed by atoms with Crippen molar-refractivity contribution in [2.24, 2.45) is 0 Å². The van der Waals surface area contributed by atoms with Gasteiger partial charge in [-0.25, -0.2) is 4.79 Å². The van der Waals surface area contributed by atoms with Crippen molar-refractivity contribution < 1.29 is 19.1 Å². The standard InChI is InChI=1S/C23H24Cl2N4O4S/c1-2-7-33-23(32)20(19-9-15(34)12-27-19)29-22(31)18-6-4-14(11-26-18)21(30)28-10-13-3-5-16(24)17(25)8-13/h2-6,8,11,15,19-20,27,34H,1,7,9-10,12H2,(H,28,30)(H,29,31)/t15-,19-,20?/m0/s1. The second-order valence-corrected chi connectivity index (χ2v) is 9.18. The molecule has 3 rings (SSSR count). The van der Waals surface area contributed by atoms with Gasteiger partial charge < -0.3 is 20.7 Å². The van der Waals surface area contributed by atoms with Crippen LogP contribution in [0.15, 0.2) is 49.2 Å². The fourth-order valence-corrected chi connectivity index (χ4v) is 4.02. The van der Waals surface area contributed by atoms with Crippen LogP contribution in [0.5, 0.6) is 0 Å². The SMILES string of the molecule is C=CCOC(=O)C(NC(=O)c1ccc(C(=O)NCc2ccc(Cl)c(Cl)c2)cn1)[C@@H]1C[C@H](S)CN1. The summed E-state index contributed by atoms with van der Waals surface area (Å²) in [6, 6.07) is 6.73. The van der Waals surface area contributed by atoms with E-state index in [1.54, 1.807) is 18.2 Å². The summed E-state index contributed by atoms with van der Waals surface area (Å²) in [6.45, 7) is 4.41. The third kappa shape index (κ3) is 6.96. The Kier molecular flexibility index (Phi) is 9.35. The van der Waals surface area contributed by atoms with Crippen LogP contribution in [-0.2, 0) is 16.1 Å². The number of carbonyl (C=O) groups is 3. The number of ether oxygens (including phenoxy) is 1. The van der Waals surface area contributed by atoms with Gasteiger partial charge in [-0.15, -0.1) is 0 Å². The summed E-state index contributed by atoms with van der Waals surface area (Å²) in [5, 5.41) is 9.50. The van der Waals surface area contributed by atoms with Crippen LogP contribution < -0.4 is 16.0 Å².